The standard InChI is InChI=1S/C25H27N3O6S/c1-17-4-10-20(11-5-17)28(35(32)33)23(25(30)27(2)3)16-18-6-12-21(13-7-18)34-22-14-8-19(9-15-22)24(29)26-31/h4-15,23,31H,16H2,1-3H3,(H,26,29)(H,32,33)/p-1. The highest BCUT2D eigenvalue weighted by Gasteiger charge is 2.29. The Balaban J connectivity index is 1.80. The van der Waals surface area contributed by atoms with Gasteiger partial charge in [-0.05, 0) is 61.0 Å². The highest BCUT2D eigenvalue weighted by molar-refractivity contribution is 7.80. The predicted octanol–water partition coefficient (Wildman–Crippen LogP) is 3.21. The second kappa shape index (κ2) is 11.6. The molecular formula is C25H26N3O6S-. The van der Waals surface area contributed by atoms with Crippen molar-refractivity contribution >= 4 is 28.8 Å². The quantitative estimate of drug-likeness (QED) is 0.267. The Morgan fingerprint density at radius 1 is 0.971 bits per heavy atom. The summed E-state index contributed by atoms with van der Waals surface area (Å²) in [5.74, 6) is 0.0371. The SMILES string of the molecule is Cc1ccc(N(C(Cc2ccc(Oc3ccc(C(=O)NO)cc3)cc2)C(=O)N(C)C)S(=O)[O-])cc1. The van der Waals surface area contributed by atoms with E-state index >= 15 is 0 Å². The van der Waals surface area contributed by atoms with E-state index in [-0.39, 0.29) is 17.9 Å². The van der Waals surface area contributed by atoms with Gasteiger partial charge in [-0.2, -0.15) is 0 Å². The van der Waals surface area contributed by atoms with Crippen LogP contribution in [-0.4, -0.2) is 50.8 Å². The fraction of sp³-hybridized carbons (Fsp3) is 0.200. The highest BCUT2D eigenvalue weighted by atomic mass is 32.2. The molecule has 35 heavy (non-hydrogen) atoms. The molecule has 3 aromatic rings. The van der Waals surface area contributed by atoms with Crippen LogP contribution in [0.3, 0.4) is 0 Å². The Hall–Kier alpha value is -3.73. The van der Waals surface area contributed by atoms with E-state index in [1.54, 1.807) is 80.2 Å². The predicted molar refractivity (Wildman–Crippen MR) is 131 cm³/mol. The smallest absolute Gasteiger partial charge is 0.274 e. The largest absolute Gasteiger partial charge is 0.755 e. The fourth-order valence-electron chi connectivity index (χ4n) is 3.42. The van der Waals surface area contributed by atoms with Gasteiger partial charge in [-0.1, -0.05) is 29.8 Å². The zero-order valence-corrected chi connectivity index (χ0v) is 20.3. The maximum Gasteiger partial charge on any atom is 0.274 e. The van der Waals surface area contributed by atoms with Gasteiger partial charge in [-0.3, -0.25) is 23.3 Å². The number of hydroxylamine groups is 1. The number of carbonyl (C=O) groups excluding carboxylic acids is 2. The van der Waals surface area contributed by atoms with Crippen LogP contribution in [0.2, 0.25) is 0 Å². The number of hydrogen-bond donors (Lipinski definition) is 2. The molecule has 0 saturated heterocycles. The Bertz CT molecular complexity index is 1180. The number of nitrogens with zero attached hydrogens (tertiary/aromatic N) is 2. The third-order valence-corrected chi connectivity index (χ3v) is 6.05. The lowest BCUT2D eigenvalue weighted by atomic mass is 10.0. The summed E-state index contributed by atoms with van der Waals surface area (Å²) in [6.07, 6.45) is 0.157. The van der Waals surface area contributed by atoms with Gasteiger partial charge in [0.05, 0.1) is 0 Å². The molecule has 0 heterocycles. The van der Waals surface area contributed by atoms with E-state index in [4.69, 9.17) is 9.94 Å². The van der Waals surface area contributed by atoms with E-state index in [9.17, 15) is 18.4 Å². The minimum Gasteiger partial charge on any atom is -0.755 e. The van der Waals surface area contributed by atoms with Crippen molar-refractivity contribution in [3.05, 3.63) is 89.5 Å². The van der Waals surface area contributed by atoms with Gasteiger partial charge in [-0.25, -0.2) is 5.48 Å². The number of carbonyl (C=O) groups is 2. The van der Waals surface area contributed by atoms with E-state index < -0.39 is 23.2 Å². The molecule has 0 saturated carbocycles. The van der Waals surface area contributed by atoms with Crippen LogP contribution in [0.1, 0.15) is 21.5 Å². The van der Waals surface area contributed by atoms with Crippen LogP contribution in [0, 0.1) is 6.92 Å². The zero-order chi connectivity index (χ0) is 25.5. The summed E-state index contributed by atoms with van der Waals surface area (Å²) in [5.41, 5.74) is 3.97. The summed E-state index contributed by atoms with van der Waals surface area (Å²) in [6.45, 7) is 1.90. The molecule has 0 aliphatic rings. The van der Waals surface area contributed by atoms with Gasteiger partial charge in [0.2, 0.25) is 5.91 Å². The van der Waals surface area contributed by atoms with Crippen molar-refractivity contribution in [1.82, 2.24) is 10.4 Å². The zero-order valence-electron chi connectivity index (χ0n) is 19.5. The molecule has 0 aromatic heterocycles. The average molecular weight is 497 g/mol. The number of anilines is 1. The van der Waals surface area contributed by atoms with Crippen LogP contribution in [0.25, 0.3) is 0 Å². The first-order valence-electron chi connectivity index (χ1n) is 10.7. The Morgan fingerprint density at radius 3 is 2.00 bits per heavy atom. The van der Waals surface area contributed by atoms with Crippen molar-refractivity contribution in [1.29, 1.82) is 0 Å². The monoisotopic (exact) mass is 496 g/mol. The third kappa shape index (κ3) is 6.66. The van der Waals surface area contributed by atoms with Crippen molar-refractivity contribution in [2.75, 3.05) is 18.4 Å². The fourth-order valence-corrected chi connectivity index (χ4v) is 4.09. The minimum atomic E-state index is -2.67. The summed E-state index contributed by atoms with van der Waals surface area (Å²) in [5, 5.41) is 8.69. The molecule has 2 unspecified atom stereocenters. The van der Waals surface area contributed by atoms with Crippen molar-refractivity contribution in [2.24, 2.45) is 0 Å². The van der Waals surface area contributed by atoms with Crippen molar-refractivity contribution < 1.29 is 28.3 Å². The van der Waals surface area contributed by atoms with Crippen molar-refractivity contribution in [3.63, 3.8) is 0 Å². The van der Waals surface area contributed by atoms with Gasteiger partial charge >= 0.3 is 0 Å². The summed E-state index contributed by atoms with van der Waals surface area (Å²) >= 11 is -2.67. The molecule has 3 rings (SSSR count). The molecule has 2 amide bonds. The van der Waals surface area contributed by atoms with Crippen LogP contribution in [0.5, 0.6) is 11.5 Å². The molecule has 0 aliphatic heterocycles. The molecule has 10 heteroatoms. The van der Waals surface area contributed by atoms with Crippen LogP contribution in [0.4, 0.5) is 5.69 Å². The first-order chi connectivity index (χ1) is 16.7. The van der Waals surface area contributed by atoms with Gasteiger partial charge in [0, 0.05) is 43.0 Å². The molecule has 9 nitrogen and oxygen atoms in total. The van der Waals surface area contributed by atoms with Gasteiger partial charge < -0.3 is 14.2 Å². The summed E-state index contributed by atoms with van der Waals surface area (Å²) in [7, 11) is 3.17. The summed E-state index contributed by atoms with van der Waals surface area (Å²) in [6, 6.07) is 19.1. The number of ether oxygens (including phenoxy) is 1. The number of benzene rings is 3. The maximum absolute atomic E-state index is 13.0. The molecule has 0 aliphatic carbocycles. The number of aryl methyl sites for hydroxylation is 1. The molecule has 0 bridgehead atoms. The number of rotatable bonds is 9. The lowest BCUT2D eigenvalue weighted by Crippen LogP contribution is -2.48. The lowest BCUT2D eigenvalue weighted by molar-refractivity contribution is -0.129. The van der Waals surface area contributed by atoms with Gasteiger partial charge in [0.1, 0.15) is 17.5 Å². The van der Waals surface area contributed by atoms with Crippen LogP contribution in [0.15, 0.2) is 72.8 Å². The highest BCUT2D eigenvalue weighted by Crippen LogP contribution is 2.25. The lowest BCUT2D eigenvalue weighted by Gasteiger charge is -2.35. The maximum atomic E-state index is 13.0. The van der Waals surface area contributed by atoms with Gasteiger partial charge in [0.15, 0.2) is 0 Å². The van der Waals surface area contributed by atoms with Crippen molar-refractivity contribution in [2.45, 2.75) is 19.4 Å². The van der Waals surface area contributed by atoms with Crippen LogP contribution < -0.4 is 14.5 Å². The minimum absolute atomic E-state index is 0.157. The number of hydrogen-bond acceptors (Lipinski definition) is 6. The number of amides is 2. The second-order valence-electron chi connectivity index (χ2n) is 8.04. The normalized spacial score (nSPS) is 12.4. The van der Waals surface area contributed by atoms with Gasteiger partial charge in [0.25, 0.3) is 5.91 Å². The molecule has 2 N–H and O–H groups in total. The Kier molecular flexibility index (Phi) is 8.58. The van der Waals surface area contributed by atoms with E-state index in [0.29, 0.717) is 17.2 Å². The molecule has 0 fully saturated rings. The summed E-state index contributed by atoms with van der Waals surface area (Å²) in [4.78, 5) is 25.8. The number of likely N-dealkylation sites (N-methyl/N-ethyl adjacent to an activating group) is 1. The van der Waals surface area contributed by atoms with E-state index in [1.807, 2.05) is 6.92 Å². The molecule has 0 radical (unpaired) electrons. The summed E-state index contributed by atoms with van der Waals surface area (Å²) < 4.78 is 31.2. The number of nitrogens with one attached hydrogen (secondary N) is 1. The molecule has 3 aromatic carbocycles. The van der Waals surface area contributed by atoms with E-state index in [2.05, 4.69) is 0 Å². The average Bonchev–Trinajstić information content (AvgIpc) is 2.85. The molecular weight excluding hydrogens is 470 g/mol. The van der Waals surface area contributed by atoms with Crippen LogP contribution >= 0.6 is 0 Å². The third-order valence-electron chi connectivity index (χ3n) is 5.26. The van der Waals surface area contributed by atoms with Crippen molar-refractivity contribution in [3.8, 4) is 11.5 Å². The Morgan fingerprint density at radius 2 is 1.51 bits per heavy atom. The van der Waals surface area contributed by atoms with E-state index in [1.165, 1.54) is 17.0 Å². The van der Waals surface area contributed by atoms with Crippen LogP contribution in [-0.2, 0) is 22.5 Å². The van der Waals surface area contributed by atoms with Gasteiger partial charge in [-0.15, -0.1) is 0 Å². The first-order valence-corrected chi connectivity index (χ1v) is 11.7. The molecule has 0 spiro atoms. The topological polar surface area (TPSA) is 122 Å². The Labute approximate surface area is 206 Å². The molecule has 184 valence electrons. The molecule has 2 atom stereocenters. The van der Waals surface area contributed by atoms with E-state index in [0.717, 1.165) is 15.4 Å². The second-order valence-corrected chi connectivity index (χ2v) is 8.87. The first kappa shape index (κ1) is 25.9.